The maximum atomic E-state index is 14.8. The zero-order chi connectivity index (χ0) is 24.8. The van der Waals surface area contributed by atoms with Crippen LogP contribution in [0.1, 0.15) is 24.5 Å². The molecule has 3 aliphatic carbocycles. The molecule has 1 saturated carbocycles. The molecule has 10 nitrogen and oxygen atoms in total. The van der Waals surface area contributed by atoms with Crippen LogP contribution in [0.4, 0.5) is 4.39 Å². The summed E-state index contributed by atoms with van der Waals surface area (Å²) >= 11 is 0. The van der Waals surface area contributed by atoms with Crippen LogP contribution in [0.3, 0.4) is 0 Å². The molecule has 1 amide bonds. The number of amides is 1. The van der Waals surface area contributed by atoms with Crippen molar-refractivity contribution in [1.29, 1.82) is 0 Å². The van der Waals surface area contributed by atoms with Gasteiger partial charge in [0.1, 0.15) is 28.7 Å². The van der Waals surface area contributed by atoms with Crippen molar-refractivity contribution >= 4 is 23.2 Å². The molecule has 1 unspecified atom stereocenters. The maximum Gasteiger partial charge on any atom is 0.255 e. The quantitative estimate of drug-likeness (QED) is 0.324. The highest BCUT2D eigenvalue weighted by Crippen LogP contribution is 2.57. The number of primary amides is 1. The molecule has 1 aromatic carbocycles. The van der Waals surface area contributed by atoms with Gasteiger partial charge in [-0.05, 0) is 39.6 Å². The number of phenolic OH excluding ortho intramolecular Hbond substituents is 1. The van der Waals surface area contributed by atoms with Gasteiger partial charge in [-0.1, -0.05) is 0 Å². The third-order valence-corrected chi connectivity index (χ3v) is 7.07. The minimum atomic E-state index is -2.84. The predicted molar refractivity (Wildman–Crippen MR) is 110 cm³/mol. The van der Waals surface area contributed by atoms with Gasteiger partial charge in [0, 0.05) is 23.0 Å². The first-order valence-corrected chi connectivity index (χ1v) is 10.1. The SMILES string of the molecule is CN(C)[C@@H]1C(=O)C(C(N)=O)=C(O)[C@]2(O)C(=O)C3=C(O)c4c(O)ccc([18F])c4C(C)(O)[C@H]3C[C@H]12. The lowest BCUT2D eigenvalue weighted by Crippen LogP contribution is -2.67. The molecule has 1 fully saturated rings. The molecular formula is C22H23FN2O8. The highest BCUT2D eigenvalue weighted by molar-refractivity contribution is 6.24. The van der Waals surface area contributed by atoms with E-state index in [2.05, 4.69) is 0 Å². The van der Waals surface area contributed by atoms with Crippen molar-refractivity contribution in [1.82, 2.24) is 4.90 Å². The number of carbonyl (C=O) groups excluding carboxylic acids is 3. The Labute approximate surface area is 187 Å². The van der Waals surface area contributed by atoms with Gasteiger partial charge < -0.3 is 31.3 Å². The monoisotopic (exact) mass is 461 g/mol. The predicted octanol–water partition coefficient (Wildman–Crippen LogP) is -0.232. The van der Waals surface area contributed by atoms with Gasteiger partial charge in [0.2, 0.25) is 5.78 Å². The molecule has 0 radical (unpaired) electrons. The van der Waals surface area contributed by atoms with Crippen LogP contribution in [-0.4, -0.2) is 73.6 Å². The summed E-state index contributed by atoms with van der Waals surface area (Å²) in [5, 5.41) is 54.7. The van der Waals surface area contributed by atoms with Gasteiger partial charge >= 0.3 is 0 Å². The number of carbonyl (C=O) groups is 3. The highest BCUT2D eigenvalue weighted by atomic mass is 18.2. The third-order valence-electron chi connectivity index (χ3n) is 7.07. The first kappa shape index (κ1) is 22.9. The van der Waals surface area contributed by atoms with Crippen molar-refractivity contribution < 1.29 is 44.3 Å². The molecule has 0 spiro atoms. The minimum absolute atomic E-state index is 0.367. The number of aliphatic hydroxyl groups excluding tert-OH is 2. The molecule has 1 aromatic rings. The molecule has 5 atom stereocenters. The molecular weight excluding hydrogens is 438 g/mol. The van der Waals surface area contributed by atoms with Crippen LogP contribution in [0.25, 0.3) is 5.76 Å². The molecule has 33 heavy (non-hydrogen) atoms. The molecule has 0 heterocycles. The number of benzene rings is 1. The van der Waals surface area contributed by atoms with E-state index in [-0.39, 0.29) is 6.42 Å². The van der Waals surface area contributed by atoms with Crippen LogP contribution in [0.2, 0.25) is 0 Å². The van der Waals surface area contributed by atoms with E-state index in [0.717, 1.165) is 12.1 Å². The Kier molecular flexibility index (Phi) is 4.76. The first-order valence-electron chi connectivity index (χ1n) is 10.1. The Morgan fingerprint density at radius 2 is 1.79 bits per heavy atom. The van der Waals surface area contributed by atoms with Crippen molar-refractivity contribution in [2.45, 2.75) is 30.6 Å². The number of rotatable bonds is 2. The van der Waals surface area contributed by atoms with Gasteiger partial charge in [0.25, 0.3) is 5.91 Å². The van der Waals surface area contributed by atoms with Gasteiger partial charge in [-0.15, -0.1) is 0 Å². The number of halogens is 1. The Bertz CT molecular complexity index is 1200. The summed E-state index contributed by atoms with van der Waals surface area (Å²) in [4.78, 5) is 39.9. The van der Waals surface area contributed by atoms with Crippen molar-refractivity contribution in [2.24, 2.45) is 17.6 Å². The van der Waals surface area contributed by atoms with Crippen molar-refractivity contribution in [2.75, 3.05) is 14.1 Å². The molecule has 3 aliphatic rings. The summed E-state index contributed by atoms with van der Waals surface area (Å²) in [6.45, 7) is 1.18. The van der Waals surface area contributed by atoms with E-state index < -0.39 is 91.9 Å². The summed E-state index contributed by atoms with van der Waals surface area (Å²) in [5.41, 5.74) is -2.26. The van der Waals surface area contributed by atoms with Gasteiger partial charge in [-0.2, -0.15) is 0 Å². The van der Waals surface area contributed by atoms with Gasteiger partial charge in [-0.25, -0.2) is 4.39 Å². The fraction of sp³-hybridized carbons (Fsp3) is 0.409. The number of nitrogens with zero attached hydrogens (tertiary/aromatic N) is 1. The molecule has 0 saturated heterocycles. The fourth-order valence-electron chi connectivity index (χ4n) is 5.58. The van der Waals surface area contributed by atoms with Crippen molar-refractivity contribution in [3.8, 4) is 5.75 Å². The lowest BCUT2D eigenvalue weighted by molar-refractivity contribution is -0.159. The van der Waals surface area contributed by atoms with Crippen LogP contribution < -0.4 is 5.73 Å². The minimum Gasteiger partial charge on any atom is -0.508 e. The average Bonchev–Trinajstić information content (AvgIpc) is 2.69. The van der Waals surface area contributed by atoms with Crippen LogP contribution >= 0.6 is 0 Å². The molecule has 176 valence electrons. The lowest BCUT2D eigenvalue weighted by Gasteiger charge is -2.53. The molecule has 0 aromatic heterocycles. The van der Waals surface area contributed by atoms with E-state index in [9.17, 15) is 44.3 Å². The van der Waals surface area contributed by atoms with E-state index in [1.54, 1.807) is 0 Å². The number of fused-ring (bicyclic) bond motifs is 3. The van der Waals surface area contributed by atoms with Crippen molar-refractivity contribution in [3.05, 3.63) is 46.0 Å². The average molecular weight is 461 g/mol. The molecule has 4 rings (SSSR count). The third kappa shape index (κ3) is 2.66. The number of ketones is 2. The summed E-state index contributed by atoms with van der Waals surface area (Å²) in [5.74, 6) is -10.0. The van der Waals surface area contributed by atoms with Crippen molar-refractivity contribution in [3.63, 3.8) is 0 Å². The van der Waals surface area contributed by atoms with E-state index in [4.69, 9.17) is 5.73 Å². The maximum absolute atomic E-state index is 14.8. The Morgan fingerprint density at radius 1 is 1.18 bits per heavy atom. The molecule has 11 heteroatoms. The normalized spacial score (nSPS) is 33.7. The summed E-state index contributed by atoms with van der Waals surface area (Å²) in [6.07, 6.45) is -0.367. The number of phenols is 1. The number of nitrogens with two attached hydrogens (primary N) is 1. The zero-order valence-corrected chi connectivity index (χ0v) is 18.0. The topological polar surface area (TPSA) is 182 Å². The second kappa shape index (κ2) is 6.86. The number of hydrogen-bond acceptors (Lipinski definition) is 9. The number of hydrogen-bond donors (Lipinski definition) is 6. The van der Waals surface area contributed by atoms with E-state index in [1.807, 2.05) is 0 Å². The number of Topliss-reactive ketones (excluding diaryl/α,β-unsaturated/α-hetero) is 2. The summed E-state index contributed by atoms with van der Waals surface area (Å²) < 4.78 is 14.8. The number of aromatic hydroxyl groups is 1. The van der Waals surface area contributed by atoms with E-state index >= 15 is 0 Å². The van der Waals surface area contributed by atoms with Crippen LogP contribution in [0.15, 0.2) is 29.0 Å². The molecule has 7 N–H and O–H groups in total. The fourth-order valence-corrected chi connectivity index (χ4v) is 5.58. The Hall–Kier alpha value is -3.28. The van der Waals surface area contributed by atoms with Crippen LogP contribution in [0.5, 0.6) is 5.75 Å². The van der Waals surface area contributed by atoms with Crippen LogP contribution in [-0.2, 0) is 20.0 Å². The second-order valence-electron chi connectivity index (χ2n) is 9.08. The standard InChI is InChI=1S/C22H23FN2O8/c1-21(32)7-6-8-15(25(2)3)17(28)13(20(24)31)19(30)22(8,33)18(29)11(7)16(27)12-10(26)5-4-9(23)14(12)21/h4-5,7-8,15,26-27,30,32-33H,6H2,1-3H3,(H2,24,31)/t7-,8+,15-,21?,22+/m0/s1/i23-1. The van der Waals surface area contributed by atoms with Gasteiger partial charge in [0.05, 0.1) is 17.2 Å². The van der Waals surface area contributed by atoms with Gasteiger partial charge in [-0.3, -0.25) is 19.3 Å². The number of likely N-dealkylation sites (N-methyl/N-ethyl adjacent to an activating group) is 1. The number of aliphatic hydroxyl groups is 4. The highest BCUT2D eigenvalue weighted by Gasteiger charge is 2.66. The lowest BCUT2D eigenvalue weighted by atomic mass is 9.54. The van der Waals surface area contributed by atoms with E-state index in [1.165, 1.54) is 25.9 Å². The largest absolute Gasteiger partial charge is 0.508 e. The molecule has 0 bridgehead atoms. The zero-order valence-electron chi connectivity index (χ0n) is 18.0. The summed E-state index contributed by atoms with van der Waals surface area (Å²) in [6, 6.07) is 0.505. The van der Waals surface area contributed by atoms with Gasteiger partial charge in [0.15, 0.2) is 11.4 Å². The summed E-state index contributed by atoms with van der Waals surface area (Å²) in [7, 11) is 2.90. The Morgan fingerprint density at radius 3 is 2.33 bits per heavy atom. The first-order chi connectivity index (χ1) is 15.2. The second-order valence-corrected chi connectivity index (χ2v) is 9.08. The van der Waals surface area contributed by atoms with Crippen LogP contribution in [0, 0.1) is 17.7 Å². The van der Waals surface area contributed by atoms with E-state index in [0.29, 0.717) is 0 Å². The Balaban J connectivity index is 2.07. The smallest absolute Gasteiger partial charge is 0.255 e. The molecule has 0 aliphatic heterocycles.